The normalized spacial score (nSPS) is 33.5. The van der Waals surface area contributed by atoms with Gasteiger partial charge in [0.25, 0.3) is 0 Å². The highest BCUT2D eigenvalue weighted by Crippen LogP contribution is 2.27. The summed E-state index contributed by atoms with van der Waals surface area (Å²) in [6.45, 7) is 7.06. The van der Waals surface area contributed by atoms with Gasteiger partial charge in [-0.05, 0) is 51.0 Å². The Morgan fingerprint density at radius 3 is 2.57 bits per heavy atom. The fourth-order valence-corrected chi connectivity index (χ4v) is 5.60. The van der Waals surface area contributed by atoms with Gasteiger partial charge in [0.15, 0.2) is 5.96 Å². The summed E-state index contributed by atoms with van der Waals surface area (Å²) in [5.74, 6) is 1.97. The second kappa shape index (κ2) is 10.3. The van der Waals surface area contributed by atoms with Crippen molar-refractivity contribution in [2.24, 2.45) is 10.9 Å². The van der Waals surface area contributed by atoms with Crippen LogP contribution in [0.15, 0.2) is 4.99 Å². The van der Waals surface area contributed by atoms with Crippen LogP contribution in [0.2, 0.25) is 0 Å². The molecule has 6 nitrogen and oxygen atoms in total. The number of rotatable bonds is 5. The van der Waals surface area contributed by atoms with E-state index in [0.29, 0.717) is 6.04 Å². The average Bonchev–Trinajstić information content (AvgIpc) is 3.42. The van der Waals surface area contributed by atoms with E-state index in [0.717, 1.165) is 57.6 Å². The lowest BCUT2D eigenvalue weighted by Gasteiger charge is -2.38. The lowest BCUT2D eigenvalue weighted by molar-refractivity contribution is -0.0817. The number of morpholine rings is 1. The van der Waals surface area contributed by atoms with Crippen molar-refractivity contribution >= 4 is 5.96 Å². The molecule has 1 saturated carbocycles. The van der Waals surface area contributed by atoms with Crippen LogP contribution in [-0.4, -0.2) is 87.0 Å². The molecule has 160 valence electrons. The van der Waals surface area contributed by atoms with Crippen molar-refractivity contribution in [3.8, 4) is 0 Å². The maximum Gasteiger partial charge on any atom is 0.193 e. The van der Waals surface area contributed by atoms with Gasteiger partial charge in [-0.2, -0.15) is 0 Å². The Bertz CT molecular complexity index is 503. The van der Waals surface area contributed by atoms with Crippen LogP contribution in [0.1, 0.15) is 57.8 Å². The summed E-state index contributed by atoms with van der Waals surface area (Å²) in [4.78, 5) is 9.72. The lowest BCUT2D eigenvalue weighted by Crippen LogP contribution is -2.54. The van der Waals surface area contributed by atoms with E-state index in [1.54, 1.807) is 0 Å². The molecule has 4 aliphatic rings. The van der Waals surface area contributed by atoms with E-state index in [-0.39, 0.29) is 12.2 Å². The van der Waals surface area contributed by atoms with Crippen molar-refractivity contribution in [2.75, 3.05) is 53.0 Å². The van der Waals surface area contributed by atoms with Crippen molar-refractivity contribution in [1.82, 2.24) is 15.1 Å². The molecule has 0 aromatic rings. The number of hydrogen-bond donors (Lipinski definition) is 1. The van der Waals surface area contributed by atoms with Crippen molar-refractivity contribution in [1.29, 1.82) is 0 Å². The van der Waals surface area contributed by atoms with Crippen molar-refractivity contribution in [2.45, 2.75) is 76.0 Å². The molecular weight excluding hydrogens is 352 g/mol. The lowest BCUT2D eigenvalue weighted by atomic mass is 9.89. The Labute approximate surface area is 171 Å². The third kappa shape index (κ3) is 5.19. The van der Waals surface area contributed by atoms with E-state index < -0.39 is 0 Å². The zero-order valence-electron chi connectivity index (χ0n) is 17.8. The van der Waals surface area contributed by atoms with Gasteiger partial charge in [0, 0.05) is 45.9 Å². The summed E-state index contributed by atoms with van der Waals surface area (Å²) in [7, 11) is 1.91. The largest absolute Gasteiger partial charge is 0.375 e. The number of likely N-dealkylation sites (tertiary alicyclic amines) is 1. The molecule has 3 heterocycles. The molecule has 1 aliphatic carbocycles. The zero-order valence-corrected chi connectivity index (χ0v) is 17.8. The first kappa shape index (κ1) is 20.4. The predicted molar refractivity (Wildman–Crippen MR) is 113 cm³/mol. The minimum Gasteiger partial charge on any atom is -0.375 e. The Balaban J connectivity index is 1.26. The number of aliphatic imine (C=N–C) groups is 1. The van der Waals surface area contributed by atoms with Crippen LogP contribution in [0, 0.1) is 5.92 Å². The fourth-order valence-electron chi connectivity index (χ4n) is 5.60. The molecule has 0 aromatic heterocycles. The molecule has 0 amide bonds. The zero-order chi connectivity index (χ0) is 19.2. The Hall–Kier alpha value is -0.850. The average molecular weight is 393 g/mol. The Morgan fingerprint density at radius 2 is 1.79 bits per heavy atom. The molecule has 3 aliphatic heterocycles. The molecule has 4 rings (SSSR count). The van der Waals surface area contributed by atoms with Crippen LogP contribution < -0.4 is 5.32 Å². The molecule has 28 heavy (non-hydrogen) atoms. The van der Waals surface area contributed by atoms with E-state index in [1.165, 1.54) is 58.0 Å². The van der Waals surface area contributed by atoms with Gasteiger partial charge < -0.3 is 19.7 Å². The number of ether oxygens (including phenoxy) is 2. The minimum absolute atomic E-state index is 0.184. The summed E-state index contributed by atoms with van der Waals surface area (Å²) in [6.07, 6.45) is 12.6. The highest BCUT2D eigenvalue weighted by Gasteiger charge is 2.33. The summed E-state index contributed by atoms with van der Waals surface area (Å²) in [6, 6.07) is 0.661. The van der Waals surface area contributed by atoms with Gasteiger partial charge in [-0.25, -0.2) is 0 Å². The molecular formula is C22H40N4O2. The number of guanidine groups is 1. The van der Waals surface area contributed by atoms with Crippen LogP contribution in [0.4, 0.5) is 0 Å². The quantitative estimate of drug-likeness (QED) is 0.575. The third-order valence-corrected chi connectivity index (χ3v) is 7.20. The topological polar surface area (TPSA) is 49.3 Å². The first-order chi connectivity index (χ1) is 13.8. The second-order valence-corrected chi connectivity index (χ2v) is 9.13. The molecule has 6 heteroatoms. The van der Waals surface area contributed by atoms with Gasteiger partial charge in [0.1, 0.15) is 6.10 Å². The van der Waals surface area contributed by atoms with E-state index in [9.17, 15) is 0 Å². The molecule has 0 bridgehead atoms. The maximum atomic E-state index is 6.01. The standard InChI is InChI=1S/C22H40N4O2/c1-23-22(26-12-14-28-21(17-26)20-10-6-13-27-20)24-15-19-9-5-11-25(19)16-18-7-3-2-4-8-18/h18-21H,2-17H2,1H3,(H,23,24). The Kier molecular flexibility index (Phi) is 7.48. The molecule has 3 unspecified atom stereocenters. The van der Waals surface area contributed by atoms with Gasteiger partial charge in [-0.3, -0.25) is 9.89 Å². The summed E-state index contributed by atoms with van der Waals surface area (Å²) in [5, 5.41) is 3.70. The number of nitrogens with one attached hydrogen (secondary N) is 1. The van der Waals surface area contributed by atoms with Crippen LogP contribution in [-0.2, 0) is 9.47 Å². The van der Waals surface area contributed by atoms with Gasteiger partial charge in [0.2, 0.25) is 0 Å². The van der Waals surface area contributed by atoms with E-state index in [1.807, 2.05) is 7.05 Å². The first-order valence-corrected chi connectivity index (χ1v) is 11.8. The molecule has 4 fully saturated rings. The molecule has 0 radical (unpaired) electrons. The number of nitrogens with zero attached hydrogens (tertiary/aromatic N) is 3. The first-order valence-electron chi connectivity index (χ1n) is 11.8. The van der Waals surface area contributed by atoms with Crippen LogP contribution in [0.3, 0.4) is 0 Å². The monoisotopic (exact) mass is 392 g/mol. The molecule has 0 aromatic carbocycles. The van der Waals surface area contributed by atoms with E-state index in [2.05, 4.69) is 20.1 Å². The Morgan fingerprint density at radius 1 is 0.929 bits per heavy atom. The minimum atomic E-state index is 0.184. The second-order valence-electron chi connectivity index (χ2n) is 9.13. The molecule has 3 atom stereocenters. The van der Waals surface area contributed by atoms with Gasteiger partial charge in [0.05, 0.1) is 12.7 Å². The summed E-state index contributed by atoms with van der Waals surface area (Å²) in [5.41, 5.74) is 0. The van der Waals surface area contributed by atoms with Crippen LogP contribution in [0.25, 0.3) is 0 Å². The van der Waals surface area contributed by atoms with Gasteiger partial charge in [-0.15, -0.1) is 0 Å². The summed E-state index contributed by atoms with van der Waals surface area (Å²) >= 11 is 0. The van der Waals surface area contributed by atoms with Gasteiger partial charge >= 0.3 is 0 Å². The number of hydrogen-bond acceptors (Lipinski definition) is 4. The predicted octanol–water partition coefficient (Wildman–Crippen LogP) is 2.49. The SMILES string of the molecule is CN=C(NCC1CCCN1CC1CCCCC1)N1CCOC(C2CCCO2)C1. The van der Waals surface area contributed by atoms with Crippen molar-refractivity contribution < 1.29 is 9.47 Å². The van der Waals surface area contributed by atoms with Gasteiger partial charge in [-0.1, -0.05) is 19.3 Å². The maximum absolute atomic E-state index is 6.01. The summed E-state index contributed by atoms with van der Waals surface area (Å²) < 4.78 is 11.9. The molecule has 3 saturated heterocycles. The van der Waals surface area contributed by atoms with Crippen molar-refractivity contribution in [3.05, 3.63) is 0 Å². The van der Waals surface area contributed by atoms with Crippen molar-refractivity contribution in [3.63, 3.8) is 0 Å². The molecule has 0 spiro atoms. The third-order valence-electron chi connectivity index (χ3n) is 7.20. The molecule has 1 N–H and O–H groups in total. The van der Waals surface area contributed by atoms with E-state index >= 15 is 0 Å². The fraction of sp³-hybridized carbons (Fsp3) is 0.955. The van der Waals surface area contributed by atoms with E-state index in [4.69, 9.17) is 9.47 Å². The smallest absolute Gasteiger partial charge is 0.193 e. The highest BCUT2D eigenvalue weighted by molar-refractivity contribution is 5.80. The van der Waals surface area contributed by atoms with Crippen LogP contribution in [0.5, 0.6) is 0 Å². The van der Waals surface area contributed by atoms with Crippen LogP contribution >= 0.6 is 0 Å². The highest BCUT2D eigenvalue weighted by atomic mass is 16.5.